The van der Waals surface area contributed by atoms with Crippen molar-refractivity contribution in [2.45, 2.75) is 63.8 Å². The highest BCUT2D eigenvalue weighted by Gasteiger charge is 2.39. The molecule has 2 N–H and O–H groups in total. The fraction of sp³-hybridized carbons (Fsp3) is 0.444. The van der Waals surface area contributed by atoms with Crippen LogP contribution in [0.1, 0.15) is 61.5 Å². The van der Waals surface area contributed by atoms with Gasteiger partial charge < -0.3 is 25.0 Å². The molecule has 2 aliphatic rings. The highest BCUT2D eigenvalue weighted by molar-refractivity contribution is 5.99. The van der Waals surface area contributed by atoms with Crippen LogP contribution in [0.3, 0.4) is 0 Å². The van der Waals surface area contributed by atoms with Gasteiger partial charge in [-0.15, -0.1) is 0 Å². The molecular weight excluding hydrogens is 446 g/mol. The van der Waals surface area contributed by atoms with Crippen molar-refractivity contribution in [1.29, 1.82) is 0 Å². The largest absolute Gasteiger partial charge is 0.490 e. The first kappa shape index (κ1) is 24.7. The second-order valence-corrected chi connectivity index (χ2v) is 9.18. The number of ether oxygens (including phenoxy) is 2. The lowest BCUT2D eigenvalue weighted by Gasteiger charge is -2.42. The van der Waals surface area contributed by atoms with Crippen LogP contribution in [0.5, 0.6) is 5.75 Å². The molecule has 2 aliphatic heterocycles. The number of likely N-dealkylation sites (N-methyl/N-ethyl adjacent to an activating group) is 1. The normalized spacial score (nSPS) is 22.5. The van der Waals surface area contributed by atoms with Crippen LogP contribution >= 0.6 is 0 Å². The first-order valence-electron chi connectivity index (χ1n) is 12.2. The van der Waals surface area contributed by atoms with Crippen LogP contribution in [-0.4, -0.2) is 54.5 Å². The third kappa shape index (κ3) is 5.82. The Morgan fingerprint density at radius 1 is 1.11 bits per heavy atom. The number of fused-ring (bicyclic) bond motifs is 2. The Hall–Kier alpha value is -3.39. The number of benzene rings is 2. The Labute approximate surface area is 206 Å². The molecule has 8 heteroatoms. The molecule has 0 unspecified atom stereocenters. The Morgan fingerprint density at radius 3 is 2.63 bits per heavy atom. The molecule has 2 aromatic carbocycles. The summed E-state index contributed by atoms with van der Waals surface area (Å²) in [5, 5.41) is 5.83. The minimum atomic E-state index is -0.338. The highest BCUT2D eigenvalue weighted by atomic mass is 16.5. The van der Waals surface area contributed by atoms with E-state index in [0.29, 0.717) is 36.3 Å². The third-order valence-corrected chi connectivity index (χ3v) is 6.71. The van der Waals surface area contributed by atoms with Crippen molar-refractivity contribution in [3.05, 3.63) is 59.7 Å². The predicted molar refractivity (Wildman–Crippen MR) is 132 cm³/mol. The zero-order chi connectivity index (χ0) is 24.9. The topological polar surface area (TPSA) is 97.0 Å². The first-order chi connectivity index (χ1) is 16.9. The van der Waals surface area contributed by atoms with Gasteiger partial charge in [0.15, 0.2) is 0 Å². The summed E-state index contributed by atoms with van der Waals surface area (Å²) in [5.41, 5.74) is 2.03. The molecule has 0 radical (unpaired) electrons. The molecule has 35 heavy (non-hydrogen) atoms. The quantitative estimate of drug-likeness (QED) is 0.659. The lowest BCUT2D eigenvalue weighted by Crippen LogP contribution is -2.54. The summed E-state index contributed by atoms with van der Waals surface area (Å²) in [4.78, 5) is 39.4. The van der Waals surface area contributed by atoms with Crippen LogP contribution in [0.25, 0.3) is 0 Å². The van der Waals surface area contributed by atoms with Gasteiger partial charge in [-0.2, -0.15) is 0 Å². The van der Waals surface area contributed by atoms with Crippen LogP contribution in [0.4, 0.5) is 5.69 Å². The number of hydrogen-bond acceptors (Lipinski definition) is 5. The van der Waals surface area contributed by atoms with Crippen molar-refractivity contribution in [3.8, 4) is 5.75 Å². The standard InChI is InChI=1S/C27H33N3O5/c1-4-25(31)29-19-10-13-23-21(14-19)27(33)30(3)22-12-11-20(35-24(22)16-34-23)15-26(32)28-17(2)18-8-6-5-7-9-18/h5-10,13-14,17,20,22,24H,4,11-12,15-16H2,1-3H3,(H,28,32)(H,29,31)/t17-,20-,22+,24+/m1/s1. The van der Waals surface area contributed by atoms with E-state index in [1.54, 1.807) is 37.1 Å². The molecule has 2 heterocycles. The molecule has 0 bridgehead atoms. The van der Waals surface area contributed by atoms with Crippen molar-refractivity contribution in [1.82, 2.24) is 10.2 Å². The van der Waals surface area contributed by atoms with Crippen LogP contribution in [-0.2, 0) is 14.3 Å². The maximum absolute atomic E-state index is 13.3. The Balaban J connectivity index is 1.40. The Kier molecular flexibility index (Phi) is 7.70. The van der Waals surface area contributed by atoms with E-state index in [1.165, 1.54) is 0 Å². The summed E-state index contributed by atoms with van der Waals surface area (Å²) in [7, 11) is 1.77. The van der Waals surface area contributed by atoms with Gasteiger partial charge >= 0.3 is 0 Å². The van der Waals surface area contributed by atoms with E-state index in [4.69, 9.17) is 9.47 Å². The van der Waals surface area contributed by atoms with Gasteiger partial charge in [-0.3, -0.25) is 14.4 Å². The number of amides is 3. The van der Waals surface area contributed by atoms with Crippen LogP contribution < -0.4 is 15.4 Å². The summed E-state index contributed by atoms with van der Waals surface area (Å²) in [5.74, 6) is 0.0909. The van der Waals surface area contributed by atoms with Crippen molar-refractivity contribution in [2.75, 3.05) is 19.0 Å². The molecule has 3 amide bonds. The lowest BCUT2D eigenvalue weighted by atomic mass is 9.94. The van der Waals surface area contributed by atoms with Gasteiger partial charge in [-0.1, -0.05) is 37.3 Å². The SMILES string of the molecule is CCC(=O)Nc1ccc2c(c1)C(=O)N(C)[C@H]1CC[C@H](CC(=O)N[C@H](C)c3ccccc3)O[C@H]1CO2. The zero-order valence-electron chi connectivity index (χ0n) is 20.5. The van der Waals surface area contributed by atoms with Crippen molar-refractivity contribution in [2.24, 2.45) is 0 Å². The number of carbonyl (C=O) groups excluding carboxylic acids is 3. The maximum Gasteiger partial charge on any atom is 0.257 e. The minimum absolute atomic E-state index is 0.0620. The van der Waals surface area contributed by atoms with Gasteiger partial charge in [0.2, 0.25) is 11.8 Å². The van der Waals surface area contributed by atoms with Gasteiger partial charge in [0, 0.05) is 19.2 Å². The molecular formula is C27H33N3O5. The molecule has 1 saturated heterocycles. The average molecular weight is 480 g/mol. The third-order valence-electron chi connectivity index (χ3n) is 6.71. The molecule has 0 saturated carbocycles. The summed E-state index contributed by atoms with van der Waals surface area (Å²) in [6.07, 6.45) is 1.42. The van der Waals surface area contributed by atoms with Gasteiger partial charge in [0.25, 0.3) is 5.91 Å². The number of anilines is 1. The average Bonchev–Trinajstić information content (AvgIpc) is 2.86. The number of carbonyl (C=O) groups is 3. The molecule has 0 aromatic heterocycles. The van der Waals surface area contributed by atoms with Gasteiger partial charge in [0.05, 0.1) is 30.2 Å². The van der Waals surface area contributed by atoms with Crippen LogP contribution in [0, 0.1) is 0 Å². The van der Waals surface area contributed by atoms with Gasteiger partial charge in [-0.05, 0) is 43.5 Å². The van der Waals surface area contributed by atoms with Crippen molar-refractivity contribution < 1.29 is 23.9 Å². The number of rotatable bonds is 6. The highest BCUT2D eigenvalue weighted by Crippen LogP contribution is 2.32. The van der Waals surface area contributed by atoms with E-state index in [1.807, 2.05) is 37.3 Å². The summed E-state index contributed by atoms with van der Waals surface area (Å²) < 4.78 is 12.3. The number of nitrogens with one attached hydrogen (secondary N) is 2. The molecule has 1 fully saturated rings. The van der Waals surface area contributed by atoms with Crippen molar-refractivity contribution in [3.63, 3.8) is 0 Å². The summed E-state index contributed by atoms with van der Waals surface area (Å²) >= 11 is 0. The van der Waals surface area contributed by atoms with Crippen LogP contribution in [0.15, 0.2) is 48.5 Å². The second-order valence-electron chi connectivity index (χ2n) is 9.18. The molecule has 4 atom stereocenters. The first-order valence-corrected chi connectivity index (χ1v) is 12.2. The smallest absolute Gasteiger partial charge is 0.257 e. The lowest BCUT2D eigenvalue weighted by molar-refractivity contribution is -0.134. The minimum Gasteiger partial charge on any atom is -0.490 e. The number of nitrogens with zero attached hydrogens (tertiary/aromatic N) is 1. The molecule has 4 rings (SSSR count). The Bertz CT molecular complexity index is 1070. The predicted octanol–water partition coefficient (Wildman–Crippen LogP) is 3.68. The fourth-order valence-electron chi connectivity index (χ4n) is 4.69. The summed E-state index contributed by atoms with van der Waals surface area (Å²) in [6, 6.07) is 14.7. The van der Waals surface area contributed by atoms with E-state index in [2.05, 4.69) is 10.6 Å². The van der Waals surface area contributed by atoms with Crippen molar-refractivity contribution >= 4 is 23.4 Å². The van der Waals surface area contributed by atoms with E-state index >= 15 is 0 Å². The summed E-state index contributed by atoms with van der Waals surface area (Å²) in [6.45, 7) is 4.01. The van der Waals surface area contributed by atoms with Gasteiger partial charge in [-0.25, -0.2) is 0 Å². The molecule has 2 aromatic rings. The van der Waals surface area contributed by atoms with E-state index in [9.17, 15) is 14.4 Å². The van der Waals surface area contributed by atoms with Gasteiger partial charge in [0.1, 0.15) is 18.5 Å². The monoisotopic (exact) mass is 479 g/mol. The number of hydrogen-bond donors (Lipinski definition) is 2. The Morgan fingerprint density at radius 2 is 1.89 bits per heavy atom. The second kappa shape index (κ2) is 10.9. The zero-order valence-corrected chi connectivity index (χ0v) is 20.5. The molecule has 0 spiro atoms. The fourth-order valence-corrected chi connectivity index (χ4v) is 4.69. The van der Waals surface area contributed by atoms with Crippen LogP contribution in [0.2, 0.25) is 0 Å². The van der Waals surface area contributed by atoms with E-state index in [-0.39, 0.29) is 55.0 Å². The molecule has 0 aliphatic carbocycles. The van der Waals surface area contributed by atoms with E-state index < -0.39 is 0 Å². The molecule has 186 valence electrons. The molecule has 8 nitrogen and oxygen atoms in total. The maximum atomic E-state index is 13.3. The van der Waals surface area contributed by atoms with E-state index in [0.717, 1.165) is 5.56 Å².